The number of aryl methyl sites for hydroxylation is 1. The molecule has 0 fully saturated rings. The van der Waals surface area contributed by atoms with Crippen molar-refractivity contribution in [1.82, 2.24) is 9.21 Å². The molecule has 1 amide bonds. The zero-order valence-electron chi connectivity index (χ0n) is 17.9. The van der Waals surface area contributed by atoms with E-state index < -0.39 is 15.8 Å². The number of nitrogens with zero attached hydrogens (tertiary/aromatic N) is 2. The number of carbonyl (C=O) groups is 1. The van der Waals surface area contributed by atoms with Gasteiger partial charge in [0.15, 0.2) is 0 Å². The summed E-state index contributed by atoms with van der Waals surface area (Å²) in [7, 11) is -3.93. The van der Waals surface area contributed by atoms with Crippen LogP contribution in [0.4, 0.5) is 4.39 Å². The topological polar surface area (TPSA) is 57.7 Å². The molecule has 0 aromatic heterocycles. The van der Waals surface area contributed by atoms with Gasteiger partial charge in [-0.2, -0.15) is 4.31 Å². The molecular formula is C25H25FN2O3S. The van der Waals surface area contributed by atoms with Crippen LogP contribution in [-0.4, -0.2) is 36.6 Å². The van der Waals surface area contributed by atoms with E-state index in [-0.39, 0.29) is 23.9 Å². The third-order valence-corrected chi connectivity index (χ3v) is 7.53. The number of benzene rings is 3. The fourth-order valence-electron chi connectivity index (χ4n) is 3.84. The predicted octanol–water partition coefficient (Wildman–Crippen LogP) is 3.91. The molecule has 0 atom stereocenters. The quantitative estimate of drug-likeness (QED) is 0.570. The number of amides is 1. The molecule has 166 valence electrons. The van der Waals surface area contributed by atoms with Gasteiger partial charge in [-0.3, -0.25) is 4.79 Å². The average molecular weight is 453 g/mol. The first-order valence-corrected chi connectivity index (χ1v) is 11.9. The van der Waals surface area contributed by atoms with Crippen molar-refractivity contribution < 1.29 is 17.6 Å². The van der Waals surface area contributed by atoms with E-state index in [0.717, 1.165) is 17.5 Å². The number of fused-ring (bicyclic) bond motifs is 1. The van der Waals surface area contributed by atoms with Gasteiger partial charge in [0.1, 0.15) is 5.82 Å². The maximum Gasteiger partial charge on any atom is 0.243 e. The van der Waals surface area contributed by atoms with Crippen LogP contribution in [-0.2, 0) is 34.3 Å². The summed E-state index contributed by atoms with van der Waals surface area (Å²) in [4.78, 5) is 15.0. The molecule has 1 aliphatic heterocycles. The van der Waals surface area contributed by atoms with Crippen molar-refractivity contribution in [2.45, 2.75) is 31.3 Å². The Morgan fingerprint density at radius 1 is 0.969 bits per heavy atom. The summed E-state index contributed by atoms with van der Waals surface area (Å²) in [5, 5.41) is 0. The van der Waals surface area contributed by atoms with Gasteiger partial charge in [-0.1, -0.05) is 54.1 Å². The summed E-state index contributed by atoms with van der Waals surface area (Å²) in [5.74, 6) is -0.651. The third kappa shape index (κ3) is 4.89. The largest absolute Gasteiger partial charge is 0.337 e. The molecule has 1 aliphatic rings. The second-order valence-corrected chi connectivity index (χ2v) is 9.98. The van der Waals surface area contributed by atoms with Crippen molar-refractivity contribution >= 4 is 15.9 Å². The molecule has 0 spiro atoms. The molecule has 0 saturated heterocycles. The minimum atomic E-state index is -3.93. The summed E-state index contributed by atoms with van der Waals surface area (Å²) >= 11 is 0. The van der Waals surface area contributed by atoms with Crippen molar-refractivity contribution in [3.63, 3.8) is 0 Å². The molecule has 0 unspecified atom stereocenters. The van der Waals surface area contributed by atoms with Crippen molar-refractivity contribution in [2.75, 3.05) is 13.1 Å². The Morgan fingerprint density at radius 3 is 2.31 bits per heavy atom. The van der Waals surface area contributed by atoms with Crippen LogP contribution in [0.15, 0.2) is 77.7 Å². The summed E-state index contributed by atoms with van der Waals surface area (Å²) in [6, 6.07) is 20.2. The van der Waals surface area contributed by atoms with E-state index in [1.54, 1.807) is 29.2 Å². The summed E-state index contributed by atoms with van der Waals surface area (Å²) < 4.78 is 41.3. The van der Waals surface area contributed by atoms with Gasteiger partial charge in [0, 0.05) is 19.6 Å². The highest BCUT2D eigenvalue weighted by molar-refractivity contribution is 7.89. The Morgan fingerprint density at radius 2 is 1.62 bits per heavy atom. The van der Waals surface area contributed by atoms with E-state index in [0.29, 0.717) is 18.7 Å². The maximum absolute atomic E-state index is 13.4. The van der Waals surface area contributed by atoms with Crippen LogP contribution in [0.2, 0.25) is 0 Å². The highest BCUT2D eigenvalue weighted by Crippen LogP contribution is 2.22. The first-order valence-electron chi connectivity index (χ1n) is 10.5. The molecule has 0 bridgehead atoms. The highest BCUT2D eigenvalue weighted by Gasteiger charge is 2.30. The fourth-order valence-corrected chi connectivity index (χ4v) is 5.22. The van der Waals surface area contributed by atoms with Crippen LogP contribution in [0.3, 0.4) is 0 Å². The zero-order valence-corrected chi connectivity index (χ0v) is 18.7. The molecule has 0 radical (unpaired) electrons. The Bertz CT molecular complexity index is 1210. The molecule has 3 aromatic carbocycles. The van der Waals surface area contributed by atoms with Gasteiger partial charge < -0.3 is 4.90 Å². The lowest BCUT2D eigenvalue weighted by Crippen LogP contribution is -2.44. The minimum absolute atomic E-state index is 0.0212. The monoisotopic (exact) mass is 452 g/mol. The lowest BCUT2D eigenvalue weighted by molar-refractivity contribution is -0.132. The zero-order chi connectivity index (χ0) is 22.7. The minimum Gasteiger partial charge on any atom is -0.337 e. The summed E-state index contributed by atoms with van der Waals surface area (Å²) in [5.41, 5.74) is 3.85. The predicted molar refractivity (Wildman–Crippen MR) is 121 cm³/mol. The second-order valence-electron chi connectivity index (χ2n) is 8.05. The second kappa shape index (κ2) is 9.22. The van der Waals surface area contributed by atoms with Gasteiger partial charge in [-0.15, -0.1) is 0 Å². The van der Waals surface area contributed by atoms with Crippen molar-refractivity contribution in [1.29, 1.82) is 0 Å². The Kier molecular flexibility index (Phi) is 6.39. The van der Waals surface area contributed by atoms with Gasteiger partial charge >= 0.3 is 0 Å². The molecule has 5 nitrogen and oxygen atoms in total. The lowest BCUT2D eigenvalue weighted by Gasteiger charge is -2.31. The number of sulfonamides is 1. The van der Waals surface area contributed by atoms with Gasteiger partial charge in [-0.25, -0.2) is 12.8 Å². The number of rotatable bonds is 6. The molecule has 32 heavy (non-hydrogen) atoms. The van der Waals surface area contributed by atoms with E-state index in [2.05, 4.69) is 6.07 Å². The maximum atomic E-state index is 13.4. The molecule has 0 N–H and O–H groups in total. The number of carbonyl (C=O) groups excluding carboxylic acids is 1. The van der Waals surface area contributed by atoms with E-state index >= 15 is 0 Å². The van der Waals surface area contributed by atoms with Crippen LogP contribution in [0.1, 0.15) is 22.3 Å². The summed E-state index contributed by atoms with van der Waals surface area (Å²) in [6.07, 6.45) is 0.741. The van der Waals surface area contributed by atoms with Gasteiger partial charge in [0.25, 0.3) is 0 Å². The molecule has 0 saturated carbocycles. The molecule has 4 rings (SSSR count). The lowest BCUT2D eigenvalue weighted by atomic mass is 10.00. The number of hydrogen-bond acceptors (Lipinski definition) is 3. The van der Waals surface area contributed by atoms with Crippen LogP contribution in [0.5, 0.6) is 0 Å². The standard InChI is InChI=1S/C25H25FN2O3S/c1-19-6-12-24(13-7-19)32(30,31)28(16-20-8-10-23(26)11-9-20)18-25(29)27-15-14-21-4-2-3-5-22(21)17-27/h2-13H,14-18H2,1H3. The summed E-state index contributed by atoms with van der Waals surface area (Å²) in [6.45, 7) is 2.58. The Balaban J connectivity index is 1.59. The van der Waals surface area contributed by atoms with Crippen LogP contribution in [0.25, 0.3) is 0 Å². The Labute approximate surface area is 188 Å². The third-order valence-electron chi connectivity index (χ3n) is 5.73. The van der Waals surface area contributed by atoms with E-state index in [1.807, 2.05) is 25.1 Å². The SMILES string of the molecule is Cc1ccc(S(=O)(=O)N(CC(=O)N2CCc3ccccc3C2)Cc2ccc(F)cc2)cc1. The fraction of sp³-hybridized carbons (Fsp3) is 0.240. The normalized spacial score (nSPS) is 13.8. The van der Waals surface area contributed by atoms with Crippen LogP contribution >= 0.6 is 0 Å². The first kappa shape index (κ1) is 22.2. The molecule has 0 aliphatic carbocycles. The van der Waals surface area contributed by atoms with Gasteiger partial charge in [0.2, 0.25) is 15.9 Å². The van der Waals surface area contributed by atoms with E-state index in [9.17, 15) is 17.6 Å². The van der Waals surface area contributed by atoms with E-state index in [1.165, 1.54) is 34.1 Å². The van der Waals surface area contributed by atoms with Crippen molar-refractivity contribution in [2.24, 2.45) is 0 Å². The Hall–Kier alpha value is -3.03. The van der Waals surface area contributed by atoms with E-state index in [4.69, 9.17) is 0 Å². The molecule has 3 aromatic rings. The van der Waals surface area contributed by atoms with Crippen LogP contribution < -0.4 is 0 Å². The number of halogens is 1. The molecule has 1 heterocycles. The van der Waals surface area contributed by atoms with Crippen LogP contribution in [0, 0.1) is 12.7 Å². The number of hydrogen-bond donors (Lipinski definition) is 0. The van der Waals surface area contributed by atoms with Gasteiger partial charge in [0.05, 0.1) is 11.4 Å². The van der Waals surface area contributed by atoms with Gasteiger partial charge in [-0.05, 0) is 54.3 Å². The average Bonchev–Trinajstić information content (AvgIpc) is 2.80. The van der Waals surface area contributed by atoms with Crippen molar-refractivity contribution in [3.8, 4) is 0 Å². The highest BCUT2D eigenvalue weighted by atomic mass is 32.2. The first-order chi connectivity index (χ1) is 15.3. The smallest absolute Gasteiger partial charge is 0.243 e. The molecular weight excluding hydrogens is 427 g/mol. The van der Waals surface area contributed by atoms with Crippen molar-refractivity contribution in [3.05, 3.63) is 101 Å². The molecule has 7 heteroatoms.